The Morgan fingerprint density at radius 1 is 1.21 bits per heavy atom. The number of benzene rings is 2. The van der Waals surface area contributed by atoms with Crippen molar-refractivity contribution in [2.24, 2.45) is 0 Å². The highest BCUT2D eigenvalue weighted by Gasteiger charge is 2.07. The summed E-state index contributed by atoms with van der Waals surface area (Å²) in [5, 5.41) is 9.99. The van der Waals surface area contributed by atoms with E-state index in [1.807, 2.05) is 13.0 Å². The largest absolute Gasteiger partial charge is 0.507 e. The van der Waals surface area contributed by atoms with Crippen molar-refractivity contribution < 1.29 is 14.6 Å². The van der Waals surface area contributed by atoms with E-state index in [2.05, 4.69) is 0 Å². The van der Waals surface area contributed by atoms with Gasteiger partial charge in [0.1, 0.15) is 11.5 Å². The average Bonchev–Trinajstić information content (AvgIpc) is 2.42. The molecule has 0 aliphatic rings. The lowest BCUT2D eigenvalue weighted by molar-refractivity contribution is 0.112. The zero-order chi connectivity index (χ0) is 13.8. The van der Waals surface area contributed by atoms with Gasteiger partial charge < -0.3 is 9.84 Å². The molecule has 0 spiro atoms. The summed E-state index contributed by atoms with van der Waals surface area (Å²) in [6.07, 6.45) is 0.620. The van der Waals surface area contributed by atoms with Crippen LogP contribution in [0.1, 0.15) is 17.3 Å². The molecule has 0 bridgehead atoms. The van der Waals surface area contributed by atoms with Crippen molar-refractivity contribution in [3.05, 3.63) is 47.0 Å². The Hall–Kier alpha value is -2.00. The van der Waals surface area contributed by atoms with Gasteiger partial charge in [0.05, 0.1) is 17.2 Å². The lowest BCUT2D eigenvalue weighted by Gasteiger charge is -2.08. The normalized spacial score (nSPS) is 10.2. The van der Waals surface area contributed by atoms with Gasteiger partial charge in [-0.1, -0.05) is 23.7 Å². The summed E-state index contributed by atoms with van der Waals surface area (Å²) in [6, 6.07) is 10.3. The summed E-state index contributed by atoms with van der Waals surface area (Å²) in [4.78, 5) is 10.8. The Bertz CT molecular complexity index is 608. The minimum atomic E-state index is -0.0317. The summed E-state index contributed by atoms with van der Waals surface area (Å²) in [6.45, 7) is 2.44. The summed E-state index contributed by atoms with van der Waals surface area (Å²) in [5.74, 6) is 0.595. The van der Waals surface area contributed by atoms with E-state index in [1.54, 1.807) is 24.3 Å². The van der Waals surface area contributed by atoms with Crippen LogP contribution in [0.4, 0.5) is 0 Å². The van der Waals surface area contributed by atoms with Crippen LogP contribution in [0, 0.1) is 0 Å². The first-order valence-corrected chi connectivity index (χ1v) is 6.24. The SMILES string of the molecule is CCOc1ccc(-c2ccc(O)c(C=O)c2)cc1Cl. The maximum absolute atomic E-state index is 10.8. The zero-order valence-corrected chi connectivity index (χ0v) is 11.1. The number of carbonyl (C=O) groups excluding carboxylic acids is 1. The lowest BCUT2D eigenvalue weighted by atomic mass is 10.0. The Kier molecular flexibility index (Phi) is 4.07. The molecule has 0 amide bonds. The van der Waals surface area contributed by atoms with Gasteiger partial charge in [0.15, 0.2) is 6.29 Å². The molecule has 0 aromatic heterocycles. The van der Waals surface area contributed by atoms with Crippen LogP contribution in [0.15, 0.2) is 36.4 Å². The Balaban J connectivity index is 2.42. The van der Waals surface area contributed by atoms with Crippen molar-refractivity contribution >= 4 is 17.9 Å². The van der Waals surface area contributed by atoms with E-state index >= 15 is 0 Å². The van der Waals surface area contributed by atoms with Gasteiger partial charge in [0, 0.05) is 0 Å². The standard InChI is InChI=1S/C15H13ClO3/c1-2-19-15-6-4-11(8-13(15)16)10-3-5-14(18)12(7-10)9-17/h3-9,18H,2H2,1H3. The molecule has 0 aliphatic carbocycles. The summed E-state index contributed by atoms with van der Waals surface area (Å²) in [5.41, 5.74) is 1.92. The maximum Gasteiger partial charge on any atom is 0.153 e. The van der Waals surface area contributed by atoms with Gasteiger partial charge in [-0.25, -0.2) is 0 Å². The van der Waals surface area contributed by atoms with Crippen molar-refractivity contribution in [3.63, 3.8) is 0 Å². The van der Waals surface area contributed by atoms with Crippen molar-refractivity contribution in [2.45, 2.75) is 6.92 Å². The zero-order valence-electron chi connectivity index (χ0n) is 10.4. The Morgan fingerprint density at radius 2 is 1.89 bits per heavy atom. The second-order valence-corrected chi connectivity index (χ2v) is 4.38. The fraction of sp³-hybridized carbons (Fsp3) is 0.133. The molecule has 0 unspecified atom stereocenters. The summed E-state index contributed by atoms with van der Waals surface area (Å²) in [7, 11) is 0. The van der Waals surface area contributed by atoms with E-state index in [-0.39, 0.29) is 11.3 Å². The highest BCUT2D eigenvalue weighted by Crippen LogP contribution is 2.31. The molecule has 0 saturated heterocycles. The third-order valence-corrected chi connectivity index (χ3v) is 3.01. The number of phenols is 1. The number of phenolic OH excluding ortho intramolecular Hbond substituents is 1. The highest BCUT2D eigenvalue weighted by atomic mass is 35.5. The van der Waals surface area contributed by atoms with Gasteiger partial charge in [-0.15, -0.1) is 0 Å². The topological polar surface area (TPSA) is 46.5 Å². The van der Waals surface area contributed by atoms with Crippen LogP contribution in [-0.4, -0.2) is 18.0 Å². The fourth-order valence-corrected chi connectivity index (χ4v) is 2.02. The van der Waals surface area contributed by atoms with E-state index in [0.29, 0.717) is 23.7 Å². The smallest absolute Gasteiger partial charge is 0.153 e. The van der Waals surface area contributed by atoms with Crippen LogP contribution < -0.4 is 4.74 Å². The molecule has 3 nitrogen and oxygen atoms in total. The molecule has 0 aliphatic heterocycles. The van der Waals surface area contributed by atoms with Crippen LogP contribution in [0.3, 0.4) is 0 Å². The molecule has 2 aromatic rings. The highest BCUT2D eigenvalue weighted by molar-refractivity contribution is 6.32. The van der Waals surface area contributed by atoms with E-state index < -0.39 is 0 Å². The number of hydrogen-bond acceptors (Lipinski definition) is 3. The fourth-order valence-electron chi connectivity index (χ4n) is 1.78. The van der Waals surface area contributed by atoms with E-state index in [0.717, 1.165) is 11.1 Å². The number of aldehydes is 1. The van der Waals surface area contributed by atoms with Crippen LogP contribution >= 0.6 is 11.6 Å². The van der Waals surface area contributed by atoms with Crippen molar-refractivity contribution in [3.8, 4) is 22.6 Å². The quantitative estimate of drug-likeness (QED) is 0.861. The molecule has 2 rings (SSSR count). The second-order valence-electron chi connectivity index (χ2n) is 3.97. The molecule has 0 fully saturated rings. The molecular formula is C15H13ClO3. The molecular weight excluding hydrogens is 264 g/mol. The van der Waals surface area contributed by atoms with E-state index in [1.165, 1.54) is 6.07 Å². The van der Waals surface area contributed by atoms with Gasteiger partial charge in [-0.05, 0) is 42.3 Å². The first kappa shape index (κ1) is 13.4. The molecule has 19 heavy (non-hydrogen) atoms. The van der Waals surface area contributed by atoms with Crippen molar-refractivity contribution in [1.82, 2.24) is 0 Å². The number of rotatable bonds is 4. The predicted molar refractivity (Wildman–Crippen MR) is 75.1 cm³/mol. The first-order valence-electron chi connectivity index (χ1n) is 5.86. The number of halogens is 1. The first-order chi connectivity index (χ1) is 9.15. The van der Waals surface area contributed by atoms with Gasteiger partial charge in [0.2, 0.25) is 0 Å². The molecule has 0 heterocycles. The van der Waals surface area contributed by atoms with Crippen molar-refractivity contribution in [1.29, 1.82) is 0 Å². The molecule has 0 atom stereocenters. The van der Waals surface area contributed by atoms with Gasteiger partial charge in [-0.3, -0.25) is 4.79 Å². The number of hydrogen-bond donors (Lipinski definition) is 1. The number of ether oxygens (including phenoxy) is 1. The van der Waals surface area contributed by atoms with E-state index in [9.17, 15) is 9.90 Å². The van der Waals surface area contributed by atoms with Crippen molar-refractivity contribution in [2.75, 3.05) is 6.61 Å². The summed E-state index contributed by atoms with van der Waals surface area (Å²) >= 11 is 6.12. The maximum atomic E-state index is 10.8. The number of aromatic hydroxyl groups is 1. The minimum Gasteiger partial charge on any atom is -0.507 e. The average molecular weight is 277 g/mol. The lowest BCUT2D eigenvalue weighted by Crippen LogP contribution is -1.92. The molecule has 1 N–H and O–H groups in total. The number of carbonyl (C=O) groups is 1. The molecule has 0 radical (unpaired) electrons. The predicted octanol–water partition coefficient (Wildman–Crippen LogP) is 3.92. The molecule has 98 valence electrons. The van der Waals surface area contributed by atoms with Gasteiger partial charge in [0.25, 0.3) is 0 Å². The van der Waals surface area contributed by atoms with Crippen LogP contribution in [0.5, 0.6) is 11.5 Å². The Labute approximate surface area is 116 Å². The van der Waals surface area contributed by atoms with Gasteiger partial charge in [-0.2, -0.15) is 0 Å². The van der Waals surface area contributed by atoms with Crippen LogP contribution in [0.25, 0.3) is 11.1 Å². The Morgan fingerprint density at radius 3 is 2.53 bits per heavy atom. The third kappa shape index (κ3) is 2.88. The van der Waals surface area contributed by atoms with Gasteiger partial charge >= 0.3 is 0 Å². The van der Waals surface area contributed by atoms with E-state index in [4.69, 9.17) is 16.3 Å². The van der Waals surface area contributed by atoms with Crippen LogP contribution in [0.2, 0.25) is 5.02 Å². The molecule has 4 heteroatoms. The monoisotopic (exact) mass is 276 g/mol. The third-order valence-electron chi connectivity index (χ3n) is 2.72. The summed E-state index contributed by atoms with van der Waals surface area (Å²) < 4.78 is 5.36. The molecule has 2 aromatic carbocycles. The molecule has 0 saturated carbocycles. The second kappa shape index (κ2) is 5.76. The minimum absolute atomic E-state index is 0.0317. The van der Waals surface area contributed by atoms with Crippen LogP contribution in [-0.2, 0) is 0 Å².